The zero-order valence-corrected chi connectivity index (χ0v) is 13.7. The Hall–Kier alpha value is -1.89. The summed E-state index contributed by atoms with van der Waals surface area (Å²) >= 11 is 0. The van der Waals surface area contributed by atoms with E-state index in [0.29, 0.717) is 23.6 Å². The zero-order chi connectivity index (χ0) is 16.8. The lowest BCUT2D eigenvalue weighted by molar-refractivity contribution is -0.139. The summed E-state index contributed by atoms with van der Waals surface area (Å²) in [5.41, 5.74) is 0.365. The van der Waals surface area contributed by atoms with Crippen LogP contribution in [0.1, 0.15) is 31.1 Å². The quantitative estimate of drug-likeness (QED) is 0.790. The Morgan fingerprint density at radius 3 is 2.59 bits per heavy atom. The molecule has 0 spiro atoms. The van der Waals surface area contributed by atoms with Crippen LogP contribution >= 0.6 is 0 Å². The summed E-state index contributed by atoms with van der Waals surface area (Å²) in [6, 6.07) is 6.26. The van der Waals surface area contributed by atoms with Crippen molar-refractivity contribution in [1.29, 1.82) is 0 Å². The topological polar surface area (TPSA) is 92.7 Å². The first-order valence-electron chi connectivity index (χ1n) is 6.81. The molecule has 0 heterocycles. The van der Waals surface area contributed by atoms with Crippen LogP contribution in [0.25, 0.3) is 0 Å². The Morgan fingerprint density at radius 1 is 1.32 bits per heavy atom. The first-order chi connectivity index (χ1) is 10.2. The molecule has 1 amide bonds. The first kappa shape index (κ1) is 18.2. The van der Waals surface area contributed by atoms with Gasteiger partial charge in [0.05, 0.1) is 0 Å². The van der Waals surface area contributed by atoms with E-state index in [4.69, 9.17) is 9.84 Å². The Bertz CT molecular complexity index is 565. The fourth-order valence-electron chi connectivity index (χ4n) is 1.54. The van der Waals surface area contributed by atoms with Gasteiger partial charge in [0.2, 0.25) is 0 Å². The van der Waals surface area contributed by atoms with Crippen LogP contribution in [-0.4, -0.2) is 44.8 Å². The summed E-state index contributed by atoms with van der Waals surface area (Å²) in [6.45, 7) is 5.50. The SMILES string of the molecule is CC(C)(C)S(=O)CCNC(=O)c1cccc(OCC(=O)O)c1. The van der Waals surface area contributed by atoms with Gasteiger partial charge in [-0.15, -0.1) is 0 Å². The normalized spacial score (nSPS) is 12.5. The van der Waals surface area contributed by atoms with Gasteiger partial charge >= 0.3 is 5.97 Å². The predicted octanol–water partition coefficient (Wildman–Crippen LogP) is 1.43. The summed E-state index contributed by atoms with van der Waals surface area (Å²) < 4.78 is 16.6. The number of hydrogen-bond acceptors (Lipinski definition) is 4. The summed E-state index contributed by atoms with van der Waals surface area (Å²) in [5.74, 6) is -0.704. The van der Waals surface area contributed by atoms with Gasteiger partial charge in [-0.3, -0.25) is 9.00 Å². The van der Waals surface area contributed by atoms with Crippen molar-refractivity contribution in [2.75, 3.05) is 18.9 Å². The lowest BCUT2D eigenvalue weighted by Gasteiger charge is -2.17. The average molecular weight is 327 g/mol. The van der Waals surface area contributed by atoms with Gasteiger partial charge < -0.3 is 15.2 Å². The molecule has 22 heavy (non-hydrogen) atoms. The Balaban J connectivity index is 2.53. The molecule has 7 heteroatoms. The molecule has 0 aromatic heterocycles. The van der Waals surface area contributed by atoms with Gasteiger partial charge in [0.1, 0.15) is 5.75 Å². The molecule has 0 aliphatic rings. The molecule has 0 aliphatic carbocycles. The van der Waals surface area contributed by atoms with Gasteiger partial charge in [-0.05, 0) is 39.0 Å². The highest BCUT2D eigenvalue weighted by atomic mass is 32.2. The molecular weight excluding hydrogens is 306 g/mol. The molecule has 1 rings (SSSR count). The largest absolute Gasteiger partial charge is 0.482 e. The third kappa shape index (κ3) is 6.26. The highest BCUT2D eigenvalue weighted by Crippen LogP contribution is 2.13. The van der Waals surface area contributed by atoms with Crippen molar-refractivity contribution in [1.82, 2.24) is 5.32 Å². The molecule has 0 fully saturated rings. The van der Waals surface area contributed by atoms with Crippen molar-refractivity contribution in [3.05, 3.63) is 29.8 Å². The fourth-order valence-corrected chi connectivity index (χ4v) is 2.44. The second-order valence-corrected chi connectivity index (χ2v) is 7.95. The number of hydrogen-bond donors (Lipinski definition) is 2. The minimum absolute atomic E-state index is 0.308. The molecule has 0 radical (unpaired) electrons. The summed E-state index contributed by atoms with van der Waals surface area (Å²) in [6.07, 6.45) is 0. The lowest BCUT2D eigenvalue weighted by Crippen LogP contribution is -2.32. The molecule has 6 nitrogen and oxygen atoms in total. The summed E-state index contributed by atoms with van der Waals surface area (Å²) in [5, 5.41) is 11.2. The van der Waals surface area contributed by atoms with Crippen LogP contribution in [0.4, 0.5) is 0 Å². The highest BCUT2D eigenvalue weighted by Gasteiger charge is 2.19. The monoisotopic (exact) mass is 327 g/mol. The Labute approximate surface area is 132 Å². The van der Waals surface area contributed by atoms with Crippen LogP contribution in [0.15, 0.2) is 24.3 Å². The molecule has 0 bridgehead atoms. The molecule has 1 aromatic rings. The molecule has 1 unspecified atom stereocenters. The second-order valence-electron chi connectivity index (χ2n) is 5.63. The average Bonchev–Trinajstić information content (AvgIpc) is 2.44. The maximum Gasteiger partial charge on any atom is 0.341 e. The van der Waals surface area contributed by atoms with Gasteiger partial charge in [-0.25, -0.2) is 4.79 Å². The number of carbonyl (C=O) groups is 2. The lowest BCUT2D eigenvalue weighted by atomic mass is 10.2. The van der Waals surface area contributed by atoms with Crippen LogP contribution in [0.3, 0.4) is 0 Å². The first-order valence-corrected chi connectivity index (χ1v) is 8.13. The standard InChI is InChI=1S/C15H21NO5S/c1-15(2,3)22(20)8-7-16-14(19)11-5-4-6-12(9-11)21-10-13(17)18/h4-6,9H,7-8,10H2,1-3H3,(H,16,19)(H,17,18). The number of carboxylic acid groups (broad SMARTS) is 1. The highest BCUT2D eigenvalue weighted by molar-refractivity contribution is 7.86. The molecule has 2 N–H and O–H groups in total. The maximum atomic E-state index is 12.0. The van der Waals surface area contributed by atoms with Crippen molar-refractivity contribution < 1.29 is 23.6 Å². The summed E-state index contributed by atoms with van der Waals surface area (Å²) in [4.78, 5) is 22.4. The molecule has 0 saturated heterocycles. The van der Waals surface area contributed by atoms with Crippen LogP contribution in [0.2, 0.25) is 0 Å². The number of ether oxygens (including phenoxy) is 1. The minimum atomic E-state index is -1.08. The Morgan fingerprint density at radius 2 is 2.00 bits per heavy atom. The van der Waals surface area contributed by atoms with Crippen LogP contribution < -0.4 is 10.1 Å². The summed E-state index contributed by atoms with van der Waals surface area (Å²) in [7, 11) is -1.03. The number of rotatable bonds is 7. The maximum absolute atomic E-state index is 12.0. The van der Waals surface area contributed by atoms with Crippen LogP contribution in [0, 0.1) is 0 Å². The van der Waals surface area contributed by atoms with E-state index in [0.717, 1.165) is 0 Å². The van der Waals surface area contributed by atoms with E-state index >= 15 is 0 Å². The van der Waals surface area contributed by atoms with E-state index in [1.165, 1.54) is 6.07 Å². The fraction of sp³-hybridized carbons (Fsp3) is 0.467. The smallest absolute Gasteiger partial charge is 0.341 e. The molecule has 1 aromatic carbocycles. The van der Waals surface area contributed by atoms with Crippen molar-refractivity contribution in [2.45, 2.75) is 25.5 Å². The van der Waals surface area contributed by atoms with Crippen molar-refractivity contribution >= 4 is 22.7 Å². The number of nitrogens with one attached hydrogen (secondary N) is 1. The van der Waals surface area contributed by atoms with Gasteiger partial charge in [-0.1, -0.05) is 6.07 Å². The second kappa shape index (κ2) is 7.93. The van der Waals surface area contributed by atoms with Gasteiger partial charge in [0.25, 0.3) is 5.91 Å². The molecule has 122 valence electrons. The van der Waals surface area contributed by atoms with E-state index in [-0.39, 0.29) is 10.7 Å². The van der Waals surface area contributed by atoms with E-state index in [2.05, 4.69) is 5.32 Å². The molecular formula is C15H21NO5S. The third-order valence-electron chi connectivity index (χ3n) is 2.71. The molecule has 0 aliphatic heterocycles. The minimum Gasteiger partial charge on any atom is -0.482 e. The molecule has 0 saturated carbocycles. The third-order valence-corrected chi connectivity index (χ3v) is 4.66. The number of carboxylic acids is 1. The van der Waals surface area contributed by atoms with E-state index in [1.807, 2.05) is 20.8 Å². The predicted molar refractivity (Wildman–Crippen MR) is 84.7 cm³/mol. The molecule has 1 atom stereocenters. The number of carbonyl (C=O) groups excluding carboxylic acids is 1. The van der Waals surface area contributed by atoms with Gasteiger partial charge in [-0.2, -0.15) is 0 Å². The van der Waals surface area contributed by atoms with Crippen LogP contribution in [-0.2, 0) is 15.6 Å². The Kier molecular flexibility index (Phi) is 6.55. The van der Waals surface area contributed by atoms with E-state index < -0.39 is 23.4 Å². The van der Waals surface area contributed by atoms with Crippen molar-refractivity contribution in [3.8, 4) is 5.75 Å². The van der Waals surface area contributed by atoms with Crippen molar-refractivity contribution in [2.24, 2.45) is 0 Å². The zero-order valence-electron chi connectivity index (χ0n) is 12.9. The van der Waals surface area contributed by atoms with Gasteiger partial charge in [0, 0.05) is 33.4 Å². The van der Waals surface area contributed by atoms with E-state index in [1.54, 1.807) is 18.2 Å². The van der Waals surface area contributed by atoms with Crippen LogP contribution in [0.5, 0.6) is 5.75 Å². The number of aliphatic carboxylic acids is 1. The van der Waals surface area contributed by atoms with E-state index in [9.17, 15) is 13.8 Å². The van der Waals surface area contributed by atoms with Crippen molar-refractivity contribution in [3.63, 3.8) is 0 Å². The number of amides is 1. The number of benzene rings is 1. The van der Waals surface area contributed by atoms with Gasteiger partial charge in [0.15, 0.2) is 6.61 Å².